The predicted molar refractivity (Wildman–Crippen MR) is 96.8 cm³/mol. The second kappa shape index (κ2) is 8.13. The molecule has 0 radical (unpaired) electrons. The second-order valence-corrected chi connectivity index (χ2v) is 5.64. The normalized spacial score (nSPS) is 10.4. The van der Waals surface area contributed by atoms with Crippen molar-refractivity contribution in [3.05, 3.63) is 54.1 Å². The van der Waals surface area contributed by atoms with Crippen LogP contribution in [0.3, 0.4) is 0 Å². The van der Waals surface area contributed by atoms with E-state index >= 15 is 0 Å². The molecular formula is C19H17N3O5. The molecule has 8 heteroatoms. The van der Waals surface area contributed by atoms with Crippen molar-refractivity contribution in [2.75, 3.05) is 20.2 Å². The van der Waals surface area contributed by atoms with Crippen molar-refractivity contribution in [1.82, 2.24) is 15.8 Å². The van der Waals surface area contributed by atoms with Crippen LogP contribution in [-0.4, -0.2) is 43.1 Å². The van der Waals surface area contributed by atoms with Gasteiger partial charge >= 0.3 is 5.97 Å². The van der Waals surface area contributed by atoms with E-state index in [-0.39, 0.29) is 18.0 Å². The Hall–Kier alpha value is -3.68. The number of carbonyl (C=O) groups excluding carboxylic acids is 3. The molecule has 3 aromatic rings. The Kier molecular flexibility index (Phi) is 5.46. The monoisotopic (exact) mass is 367 g/mol. The molecule has 8 nitrogen and oxygen atoms in total. The number of benzene rings is 2. The van der Waals surface area contributed by atoms with Crippen LogP contribution in [0.2, 0.25) is 0 Å². The van der Waals surface area contributed by atoms with E-state index in [0.717, 1.165) is 5.56 Å². The summed E-state index contributed by atoms with van der Waals surface area (Å²) in [5.41, 5.74) is 1.70. The zero-order valence-electron chi connectivity index (χ0n) is 14.5. The summed E-state index contributed by atoms with van der Waals surface area (Å²) in [7, 11) is 1.46. The Balaban J connectivity index is 1.70. The molecule has 1 aromatic heterocycles. The summed E-state index contributed by atoms with van der Waals surface area (Å²) in [6.07, 6.45) is 0. The van der Waals surface area contributed by atoms with Crippen molar-refractivity contribution in [1.29, 1.82) is 0 Å². The molecule has 0 bridgehead atoms. The van der Waals surface area contributed by atoms with Gasteiger partial charge in [0.05, 0.1) is 17.5 Å². The summed E-state index contributed by atoms with van der Waals surface area (Å²) in [4.78, 5) is 34.9. The standard InChI is InChI=1S/C19H17N3O5/c1-20-16(23)10-21-17(24)11-26-19(25)13-7-8-15-14(9-13)18(27-22-15)12-5-3-2-4-6-12/h2-9H,10-11H2,1H3,(H,20,23)(H,21,24). The van der Waals surface area contributed by atoms with Crippen LogP contribution in [0.25, 0.3) is 22.2 Å². The fourth-order valence-electron chi connectivity index (χ4n) is 2.40. The van der Waals surface area contributed by atoms with Crippen molar-refractivity contribution in [2.24, 2.45) is 0 Å². The molecule has 0 spiro atoms. The predicted octanol–water partition coefficient (Wildman–Crippen LogP) is 1.51. The van der Waals surface area contributed by atoms with Gasteiger partial charge in [-0.25, -0.2) is 4.79 Å². The van der Waals surface area contributed by atoms with Crippen LogP contribution in [0, 0.1) is 0 Å². The van der Waals surface area contributed by atoms with Crippen LogP contribution in [0.15, 0.2) is 53.1 Å². The highest BCUT2D eigenvalue weighted by molar-refractivity contribution is 5.99. The number of nitrogens with one attached hydrogen (secondary N) is 2. The van der Waals surface area contributed by atoms with Gasteiger partial charge in [0.2, 0.25) is 5.91 Å². The third-order valence-electron chi connectivity index (χ3n) is 3.81. The minimum Gasteiger partial charge on any atom is -0.452 e. The number of hydrogen-bond donors (Lipinski definition) is 2. The first kappa shape index (κ1) is 18.1. The molecule has 2 aromatic carbocycles. The number of fused-ring (bicyclic) bond motifs is 1. The molecule has 138 valence electrons. The maximum absolute atomic E-state index is 12.2. The lowest BCUT2D eigenvalue weighted by molar-refractivity contribution is -0.127. The van der Waals surface area contributed by atoms with Gasteiger partial charge < -0.3 is 19.9 Å². The van der Waals surface area contributed by atoms with E-state index in [9.17, 15) is 14.4 Å². The van der Waals surface area contributed by atoms with Gasteiger partial charge in [0.1, 0.15) is 5.52 Å². The van der Waals surface area contributed by atoms with Gasteiger partial charge in [0.25, 0.3) is 5.91 Å². The molecule has 0 aliphatic carbocycles. The molecule has 1 heterocycles. The minimum absolute atomic E-state index is 0.181. The van der Waals surface area contributed by atoms with Gasteiger partial charge in [-0.2, -0.15) is 0 Å². The molecule has 0 fully saturated rings. The number of ether oxygens (including phenoxy) is 1. The minimum atomic E-state index is -0.660. The molecule has 2 N–H and O–H groups in total. The zero-order chi connectivity index (χ0) is 19.2. The lowest BCUT2D eigenvalue weighted by Crippen LogP contribution is -2.37. The average molecular weight is 367 g/mol. The maximum Gasteiger partial charge on any atom is 0.338 e. The molecule has 0 unspecified atom stereocenters. The first-order valence-electron chi connectivity index (χ1n) is 8.17. The molecule has 3 rings (SSSR count). The largest absolute Gasteiger partial charge is 0.452 e. The van der Waals surface area contributed by atoms with Crippen LogP contribution in [0.4, 0.5) is 0 Å². The lowest BCUT2D eigenvalue weighted by atomic mass is 10.1. The van der Waals surface area contributed by atoms with Gasteiger partial charge in [-0.3, -0.25) is 9.59 Å². The summed E-state index contributed by atoms with van der Waals surface area (Å²) < 4.78 is 10.4. The Morgan fingerprint density at radius 2 is 1.85 bits per heavy atom. The molecular weight excluding hydrogens is 350 g/mol. The summed E-state index contributed by atoms with van der Waals surface area (Å²) in [6.45, 7) is -0.664. The maximum atomic E-state index is 12.2. The smallest absolute Gasteiger partial charge is 0.338 e. The van der Waals surface area contributed by atoms with E-state index in [1.807, 2.05) is 30.3 Å². The highest BCUT2D eigenvalue weighted by atomic mass is 16.5. The first-order chi connectivity index (χ1) is 13.1. The number of hydrogen-bond acceptors (Lipinski definition) is 6. The molecule has 2 amide bonds. The summed E-state index contributed by atoms with van der Waals surface area (Å²) in [5, 5.41) is 9.37. The van der Waals surface area contributed by atoms with Crippen molar-refractivity contribution < 1.29 is 23.6 Å². The zero-order valence-corrected chi connectivity index (χ0v) is 14.5. The van der Waals surface area contributed by atoms with E-state index in [2.05, 4.69) is 15.8 Å². The van der Waals surface area contributed by atoms with Crippen molar-refractivity contribution in [3.8, 4) is 11.3 Å². The fraction of sp³-hybridized carbons (Fsp3) is 0.158. The van der Waals surface area contributed by atoms with Crippen molar-refractivity contribution in [2.45, 2.75) is 0 Å². The molecule has 0 aliphatic rings. The van der Waals surface area contributed by atoms with Crippen molar-refractivity contribution >= 4 is 28.7 Å². The molecule has 0 atom stereocenters. The van der Waals surface area contributed by atoms with Gasteiger partial charge in [-0.15, -0.1) is 0 Å². The fourth-order valence-corrected chi connectivity index (χ4v) is 2.40. The van der Waals surface area contributed by atoms with Crippen LogP contribution in [0.1, 0.15) is 10.4 Å². The van der Waals surface area contributed by atoms with Crippen LogP contribution in [0.5, 0.6) is 0 Å². The highest BCUT2D eigenvalue weighted by Gasteiger charge is 2.15. The Labute approximate surface area is 154 Å². The molecule has 27 heavy (non-hydrogen) atoms. The van der Waals surface area contributed by atoms with Gasteiger partial charge in [-0.1, -0.05) is 35.5 Å². The number of carbonyl (C=O) groups is 3. The second-order valence-electron chi connectivity index (χ2n) is 5.64. The first-order valence-corrected chi connectivity index (χ1v) is 8.17. The lowest BCUT2D eigenvalue weighted by Gasteiger charge is -2.06. The number of aromatic nitrogens is 1. The summed E-state index contributed by atoms with van der Waals surface area (Å²) in [6, 6.07) is 14.2. The van der Waals surface area contributed by atoms with Gasteiger partial charge in [-0.05, 0) is 18.2 Å². The van der Waals surface area contributed by atoms with E-state index in [0.29, 0.717) is 16.7 Å². The third kappa shape index (κ3) is 4.30. The third-order valence-corrected chi connectivity index (χ3v) is 3.81. The average Bonchev–Trinajstić information content (AvgIpc) is 3.14. The van der Waals surface area contributed by atoms with Crippen LogP contribution >= 0.6 is 0 Å². The number of esters is 1. The Bertz CT molecular complexity index is 981. The topological polar surface area (TPSA) is 111 Å². The molecule has 0 saturated carbocycles. The molecule has 0 aliphatic heterocycles. The quantitative estimate of drug-likeness (QED) is 0.639. The van der Waals surface area contributed by atoms with Crippen LogP contribution in [-0.2, 0) is 14.3 Å². The summed E-state index contributed by atoms with van der Waals surface area (Å²) >= 11 is 0. The Morgan fingerprint density at radius 3 is 2.59 bits per heavy atom. The number of nitrogens with zero attached hydrogens (tertiary/aromatic N) is 1. The van der Waals surface area contributed by atoms with E-state index < -0.39 is 18.5 Å². The SMILES string of the molecule is CNC(=O)CNC(=O)COC(=O)c1ccc2noc(-c3ccccc3)c2c1. The van der Waals surface area contributed by atoms with E-state index in [4.69, 9.17) is 9.26 Å². The number of amides is 2. The van der Waals surface area contributed by atoms with Gasteiger partial charge in [0, 0.05) is 12.6 Å². The van der Waals surface area contributed by atoms with Crippen molar-refractivity contribution in [3.63, 3.8) is 0 Å². The Morgan fingerprint density at radius 1 is 1.07 bits per heavy atom. The number of rotatable bonds is 6. The van der Waals surface area contributed by atoms with Gasteiger partial charge in [0.15, 0.2) is 12.4 Å². The molecule has 0 saturated heterocycles. The summed E-state index contributed by atoms with van der Waals surface area (Å²) in [5.74, 6) is -1.03. The van der Waals surface area contributed by atoms with E-state index in [1.165, 1.54) is 7.05 Å². The van der Waals surface area contributed by atoms with Crippen LogP contribution < -0.4 is 10.6 Å². The van der Waals surface area contributed by atoms with E-state index in [1.54, 1.807) is 18.2 Å². The highest BCUT2D eigenvalue weighted by Crippen LogP contribution is 2.29. The number of likely N-dealkylation sites (N-methyl/N-ethyl adjacent to an activating group) is 1.